The number of rotatable bonds is 4. The Morgan fingerprint density at radius 1 is 1.65 bits per heavy atom. The molecule has 4 nitrogen and oxygen atoms in total. The number of nitrogens with two attached hydrogens (primary N) is 1. The molecule has 0 radical (unpaired) electrons. The lowest BCUT2D eigenvalue weighted by molar-refractivity contribution is 0.200. The van der Waals surface area contributed by atoms with Crippen molar-refractivity contribution in [3.05, 3.63) is 19.8 Å². The summed E-state index contributed by atoms with van der Waals surface area (Å²) < 4.78 is 25.5. The summed E-state index contributed by atoms with van der Waals surface area (Å²) in [4.78, 5) is 3.00. The van der Waals surface area contributed by atoms with Gasteiger partial charge in [-0.3, -0.25) is 4.90 Å². The number of nitrogens with zero attached hydrogens (tertiary/aromatic N) is 1. The maximum absolute atomic E-state index is 12.0. The molecule has 2 N–H and O–H groups in total. The molecule has 0 spiro atoms. The van der Waals surface area contributed by atoms with Crippen LogP contribution in [0.15, 0.2) is 10.5 Å². The zero-order valence-electron chi connectivity index (χ0n) is 10.9. The molecular weight excluding hydrogens is 404 g/mol. The highest BCUT2D eigenvalue weighted by Crippen LogP contribution is 2.38. The molecule has 0 bridgehead atoms. The van der Waals surface area contributed by atoms with Crippen molar-refractivity contribution in [3.63, 3.8) is 0 Å². The van der Waals surface area contributed by atoms with Crippen molar-refractivity contribution in [2.45, 2.75) is 11.4 Å². The van der Waals surface area contributed by atoms with E-state index in [1.54, 1.807) is 11.8 Å². The van der Waals surface area contributed by atoms with E-state index < -0.39 is 15.2 Å². The van der Waals surface area contributed by atoms with Gasteiger partial charge in [0.05, 0.1) is 6.04 Å². The predicted molar refractivity (Wildman–Crippen MR) is 91.5 cm³/mol. The minimum absolute atomic E-state index is 0.107. The zero-order chi connectivity index (χ0) is 14.9. The van der Waals surface area contributed by atoms with Crippen molar-refractivity contribution in [3.8, 4) is 0 Å². The quantitative estimate of drug-likeness (QED) is 0.812. The largest absolute Gasteiger partial charge is 0.329 e. The molecule has 9 heteroatoms. The lowest BCUT2D eigenvalue weighted by atomic mass is 10.2. The second-order valence-corrected chi connectivity index (χ2v) is 10.5. The third kappa shape index (κ3) is 3.71. The first kappa shape index (κ1) is 17.1. The second kappa shape index (κ2) is 6.85. The first-order valence-corrected chi connectivity index (χ1v) is 11.1. The molecule has 114 valence electrons. The molecule has 2 unspecified atom stereocenters. The molecule has 0 aromatic carbocycles. The van der Waals surface area contributed by atoms with Gasteiger partial charge in [0, 0.05) is 40.2 Å². The summed E-state index contributed by atoms with van der Waals surface area (Å²) in [5, 5.41) is -0.477. The van der Waals surface area contributed by atoms with Crippen LogP contribution in [0.4, 0.5) is 0 Å². The molecular formula is C11H16BrClN2O2S3. The Labute approximate surface area is 141 Å². The molecule has 2 atom stereocenters. The third-order valence-electron chi connectivity index (χ3n) is 3.23. The monoisotopic (exact) mass is 418 g/mol. The van der Waals surface area contributed by atoms with E-state index in [2.05, 4.69) is 15.9 Å². The van der Waals surface area contributed by atoms with Crippen molar-refractivity contribution in [2.75, 3.05) is 30.9 Å². The van der Waals surface area contributed by atoms with Gasteiger partial charge in [-0.15, -0.1) is 11.3 Å². The van der Waals surface area contributed by atoms with Crippen molar-refractivity contribution < 1.29 is 8.42 Å². The molecule has 1 aromatic heterocycles. The van der Waals surface area contributed by atoms with Gasteiger partial charge < -0.3 is 5.73 Å². The zero-order valence-corrected chi connectivity index (χ0v) is 15.7. The molecule has 0 amide bonds. The van der Waals surface area contributed by atoms with Gasteiger partial charge in [-0.05, 0) is 22.0 Å². The van der Waals surface area contributed by atoms with Crippen LogP contribution in [0, 0.1) is 0 Å². The van der Waals surface area contributed by atoms with E-state index in [0.29, 0.717) is 16.6 Å². The van der Waals surface area contributed by atoms with Gasteiger partial charge in [-0.2, -0.15) is 11.8 Å². The van der Waals surface area contributed by atoms with Gasteiger partial charge in [-0.1, -0.05) is 11.6 Å². The Bertz CT molecular complexity index is 559. The van der Waals surface area contributed by atoms with Gasteiger partial charge in [0.1, 0.15) is 9.71 Å². The van der Waals surface area contributed by atoms with Crippen LogP contribution in [0.5, 0.6) is 0 Å². The summed E-state index contributed by atoms with van der Waals surface area (Å²) >= 11 is 12.6. The van der Waals surface area contributed by atoms with E-state index in [9.17, 15) is 8.42 Å². The van der Waals surface area contributed by atoms with Gasteiger partial charge in [0.2, 0.25) is 0 Å². The molecule has 1 saturated heterocycles. The van der Waals surface area contributed by atoms with Crippen molar-refractivity contribution in [1.29, 1.82) is 0 Å². The van der Waals surface area contributed by atoms with E-state index in [0.717, 1.165) is 21.6 Å². The van der Waals surface area contributed by atoms with E-state index in [4.69, 9.17) is 17.3 Å². The number of thiophene rings is 1. The average molecular weight is 420 g/mol. The minimum Gasteiger partial charge on any atom is -0.329 e. The van der Waals surface area contributed by atoms with Crippen LogP contribution >= 0.6 is 50.6 Å². The predicted octanol–water partition coefficient (Wildman–Crippen LogP) is 2.58. The molecule has 1 fully saturated rings. The lowest BCUT2D eigenvalue weighted by Crippen LogP contribution is -2.50. The van der Waals surface area contributed by atoms with Crippen molar-refractivity contribution in [2.24, 2.45) is 5.73 Å². The SMILES string of the molecule is CS(=O)(=O)C1CSCCN1C(CN)c1cc(Br)c(Cl)s1. The number of hydrogen-bond acceptors (Lipinski definition) is 6. The Morgan fingerprint density at radius 3 is 2.85 bits per heavy atom. The highest BCUT2D eigenvalue weighted by molar-refractivity contribution is 9.10. The number of thioether (sulfide) groups is 1. The van der Waals surface area contributed by atoms with Gasteiger partial charge in [-0.25, -0.2) is 8.42 Å². The number of hydrogen-bond donors (Lipinski definition) is 1. The highest BCUT2D eigenvalue weighted by Gasteiger charge is 2.36. The Morgan fingerprint density at radius 2 is 2.35 bits per heavy atom. The molecule has 1 aromatic rings. The fourth-order valence-electron chi connectivity index (χ4n) is 2.26. The molecule has 2 heterocycles. The van der Waals surface area contributed by atoms with Crippen LogP contribution in [0.2, 0.25) is 4.34 Å². The topological polar surface area (TPSA) is 63.4 Å². The van der Waals surface area contributed by atoms with E-state index >= 15 is 0 Å². The van der Waals surface area contributed by atoms with Crippen LogP contribution in [-0.2, 0) is 9.84 Å². The Kier molecular flexibility index (Phi) is 5.84. The molecule has 20 heavy (non-hydrogen) atoms. The number of sulfone groups is 1. The summed E-state index contributed by atoms with van der Waals surface area (Å²) in [7, 11) is -3.13. The maximum Gasteiger partial charge on any atom is 0.164 e. The van der Waals surface area contributed by atoms with E-state index in [1.165, 1.54) is 17.6 Å². The second-order valence-electron chi connectivity index (χ2n) is 4.62. The first-order valence-electron chi connectivity index (χ1n) is 6.01. The molecule has 1 aliphatic rings. The highest BCUT2D eigenvalue weighted by atomic mass is 79.9. The summed E-state index contributed by atoms with van der Waals surface area (Å²) in [6, 6.07) is 1.83. The van der Waals surface area contributed by atoms with Crippen molar-refractivity contribution >= 4 is 60.5 Å². The standard InChI is InChI=1S/C11H16BrClN2O2S3/c1-20(16,17)10-6-18-3-2-15(10)8(5-14)9-4-7(12)11(13)19-9/h4,8,10H,2-3,5-6,14H2,1H3. The average Bonchev–Trinajstić information content (AvgIpc) is 2.70. The summed E-state index contributed by atoms with van der Waals surface area (Å²) in [6.45, 7) is 1.09. The molecule has 1 aliphatic heterocycles. The minimum atomic E-state index is -3.13. The normalized spacial score (nSPS) is 22.9. The molecule has 2 rings (SSSR count). The Hall–Kier alpha value is 0.690. The van der Waals surface area contributed by atoms with E-state index in [-0.39, 0.29) is 6.04 Å². The summed E-state index contributed by atoms with van der Waals surface area (Å²) in [6.07, 6.45) is 1.29. The Balaban J connectivity index is 2.33. The first-order chi connectivity index (χ1) is 9.34. The fourth-order valence-corrected chi connectivity index (χ4v) is 7.05. The lowest BCUT2D eigenvalue weighted by Gasteiger charge is -2.39. The van der Waals surface area contributed by atoms with Crippen LogP contribution < -0.4 is 5.73 Å². The fraction of sp³-hybridized carbons (Fsp3) is 0.636. The maximum atomic E-state index is 12.0. The van der Waals surface area contributed by atoms with E-state index in [1.807, 2.05) is 11.0 Å². The number of halogens is 2. The van der Waals surface area contributed by atoms with Crippen LogP contribution in [-0.4, -0.2) is 49.5 Å². The third-order valence-corrected chi connectivity index (χ3v) is 8.47. The van der Waals surface area contributed by atoms with Gasteiger partial charge in [0.15, 0.2) is 9.84 Å². The summed E-state index contributed by atoms with van der Waals surface area (Å²) in [5.74, 6) is 1.51. The van der Waals surface area contributed by atoms with Crippen LogP contribution in [0.25, 0.3) is 0 Å². The summed E-state index contributed by atoms with van der Waals surface area (Å²) in [5.41, 5.74) is 5.91. The van der Waals surface area contributed by atoms with Crippen LogP contribution in [0.1, 0.15) is 10.9 Å². The molecule has 0 saturated carbocycles. The van der Waals surface area contributed by atoms with Crippen LogP contribution in [0.3, 0.4) is 0 Å². The van der Waals surface area contributed by atoms with Gasteiger partial charge in [0.25, 0.3) is 0 Å². The van der Waals surface area contributed by atoms with Gasteiger partial charge >= 0.3 is 0 Å². The molecule has 0 aliphatic carbocycles. The smallest absolute Gasteiger partial charge is 0.164 e. The van der Waals surface area contributed by atoms with Crippen molar-refractivity contribution in [1.82, 2.24) is 4.90 Å².